The smallest absolute Gasteiger partial charge is 0.152 e. The summed E-state index contributed by atoms with van der Waals surface area (Å²) in [7, 11) is 0. The Balaban J connectivity index is 1.58. The van der Waals surface area contributed by atoms with Crippen LogP contribution >= 0.6 is 11.6 Å². The normalized spacial score (nSPS) is 28.8. The topological polar surface area (TPSA) is 70.8 Å². The van der Waals surface area contributed by atoms with Crippen molar-refractivity contribution in [2.45, 2.75) is 63.4 Å². The van der Waals surface area contributed by atoms with Gasteiger partial charge in [-0.3, -0.25) is 0 Å². The Bertz CT molecular complexity index is 934. The molecule has 0 unspecified atom stereocenters. The maximum absolute atomic E-state index is 11.8. The average Bonchev–Trinajstić information content (AvgIpc) is 3.54. The van der Waals surface area contributed by atoms with E-state index in [0.29, 0.717) is 31.1 Å². The minimum absolute atomic E-state index is 0.0264. The average molecular weight is 458 g/mol. The second-order valence-electron chi connectivity index (χ2n) is 8.79. The van der Waals surface area contributed by atoms with Crippen molar-refractivity contribution in [2.24, 2.45) is 11.7 Å². The van der Waals surface area contributed by atoms with Crippen molar-refractivity contribution in [3.05, 3.63) is 64.2 Å². The molecule has 2 aromatic rings. The van der Waals surface area contributed by atoms with Gasteiger partial charge in [-0.15, -0.1) is 0 Å². The number of fused-ring (bicyclic) bond motifs is 1. The summed E-state index contributed by atoms with van der Waals surface area (Å²) in [6.45, 7) is 5.36. The summed E-state index contributed by atoms with van der Waals surface area (Å²) in [4.78, 5) is 11.8. The molecule has 2 fully saturated rings. The van der Waals surface area contributed by atoms with Crippen molar-refractivity contribution in [3.63, 3.8) is 0 Å². The summed E-state index contributed by atoms with van der Waals surface area (Å²) in [5.74, 6) is 0.879. The molecule has 1 saturated carbocycles. The maximum atomic E-state index is 11.8. The lowest BCUT2D eigenvalue weighted by molar-refractivity contribution is -0.164. The quantitative estimate of drug-likeness (QED) is 0.407. The maximum Gasteiger partial charge on any atom is 0.152 e. The number of hydrogen-bond acceptors (Lipinski definition) is 5. The van der Waals surface area contributed by atoms with Crippen molar-refractivity contribution >= 4 is 17.9 Å². The molecule has 2 aromatic carbocycles. The fraction of sp³-hybridized carbons (Fsp3) is 0.500. The van der Waals surface area contributed by atoms with E-state index in [1.807, 2.05) is 43.3 Å². The van der Waals surface area contributed by atoms with Gasteiger partial charge in [0.05, 0.1) is 6.61 Å². The third-order valence-electron chi connectivity index (χ3n) is 6.53. The molecule has 6 heteroatoms. The standard InChI is InChI=1S/C26H32ClNO4/c1-3-5-12-31-25-23(28)21-15-26(21,16-29)32-24(25)18-8-11-22(27)19(14-18)13-17-6-9-20(10-7-17)30-4-2/h6-11,14,16,21,23-25H,3-5,12-13,15,28H2,1-2H3/t21-,23+,24+,25-,26+/m1/s1. The van der Waals surface area contributed by atoms with Crippen molar-refractivity contribution in [1.29, 1.82) is 0 Å². The molecule has 1 saturated heterocycles. The van der Waals surface area contributed by atoms with Crippen LogP contribution in [0.1, 0.15) is 55.9 Å². The summed E-state index contributed by atoms with van der Waals surface area (Å²) in [6, 6.07) is 13.7. The zero-order valence-electron chi connectivity index (χ0n) is 18.8. The number of ether oxygens (including phenoxy) is 3. The van der Waals surface area contributed by atoms with E-state index in [-0.39, 0.29) is 18.1 Å². The van der Waals surface area contributed by atoms with E-state index in [1.54, 1.807) is 0 Å². The molecule has 1 heterocycles. The van der Waals surface area contributed by atoms with Crippen LogP contribution < -0.4 is 10.5 Å². The Morgan fingerprint density at radius 3 is 2.69 bits per heavy atom. The number of halogens is 1. The molecule has 172 valence electrons. The number of rotatable bonds is 10. The summed E-state index contributed by atoms with van der Waals surface area (Å²) in [5.41, 5.74) is 8.86. The van der Waals surface area contributed by atoms with Crippen LogP contribution in [0, 0.1) is 5.92 Å². The summed E-state index contributed by atoms with van der Waals surface area (Å²) < 4.78 is 18.1. The highest BCUT2D eigenvalue weighted by molar-refractivity contribution is 6.31. The van der Waals surface area contributed by atoms with Crippen LogP contribution in [0.2, 0.25) is 5.02 Å². The lowest BCUT2D eigenvalue weighted by atomic mass is 9.90. The third kappa shape index (κ3) is 4.72. The number of carbonyl (C=O) groups excluding carboxylic acids is 1. The molecule has 5 nitrogen and oxygen atoms in total. The first-order valence-corrected chi connectivity index (χ1v) is 11.9. The highest BCUT2D eigenvalue weighted by Crippen LogP contribution is 2.56. The number of aldehydes is 1. The first-order chi connectivity index (χ1) is 15.5. The Morgan fingerprint density at radius 2 is 2.00 bits per heavy atom. The van der Waals surface area contributed by atoms with E-state index >= 15 is 0 Å². The summed E-state index contributed by atoms with van der Waals surface area (Å²) in [6.07, 6.45) is 3.58. The van der Waals surface area contributed by atoms with Crippen LogP contribution in [-0.2, 0) is 20.7 Å². The molecular formula is C26H32ClNO4. The first-order valence-electron chi connectivity index (χ1n) is 11.5. The third-order valence-corrected chi connectivity index (χ3v) is 6.90. The van der Waals surface area contributed by atoms with Gasteiger partial charge in [0, 0.05) is 23.6 Å². The zero-order valence-corrected chi connectivity index (χ0v) is 19.5. The first kappa shape index (κ1) is 23.2. The van der Waals surface area contributed by atoms with Gasteiger partial charge < -0.3 is 24.7 Å². The molecule has 32 heavy (non-hydrogen) atoms. The molecule has 0 aromatic heterocycles. The lowest BCUT2D eigenvalue weighted by Crippen LogP contribution is -2.51. The van der Waals surface area contributed by atoms with Crippen molar-refractivity contribution in [2.75, 3.05) is 13.2 Å². The number of hydrogen-bond donors (Lipinski definition) is 1. The zero-order chi connectivity index (χ0) is 22.7. The van der Waals surface area contributed by atoms with Gasteiger partial charge in [0.25, 0.3) is 0 Å². The molecular weight excluding hydrogens is 426 g/mol. The Hall–Kier alpha value is -1.92. The fourth-order valence-corrected chi connectivity index (χ4v) is 4.78. The van der Waals surface area contributed by atoms with Crippen molar-refractivity contribution in [1.82, 2.24) is 0 Å². The van der Waals surface area contributed by atoms with Crippen molar-refractivity contribution in [3.8, 4) is 5.75 Å². The molecule has 5 atom stereocenters. The molecule has 1 aliphatic carbocycles. The van der Waals surface area contributed by atoms with E-state index in [2.05, 4.69) is 13.0 Å². The van der Waals surface area contributed by atoms with Gasteiger partial charge in [-0.2, -0.15) is 0 Å². The fourth-order valence-electron chi connectivity index (χ4n) is 4.60. The molecule has 2 N–H and O–H groups in total. The van der Waals surface area contributed by atoms with E-state index in [1.165, 1.54) is 0 Å². The van der Waals surface area contributed by atoms with E-state index < -0.39 is 11.7 Å². The van der Waals surface area contributed by atoms with Gasteiger partial charge in [0.15, 0.2) is 6.29 Å². The van der Waals surface area contributed by atoms with Gasteiger partial charge in [0.1, 0.15) is 23.6 Å². The highest BCUT2D eigenvalue weighted by atomic mass is 35.5. The van der Waals surface area contributed by atoms with Gasteiger partial charge in [0.2, 0.25) is 0 Å². The Kier molecular flexibility index (Phi) is 7.21. The number of unbranched alkanes of at least 4 members (excludes halogenated alkanes) is 1. The van der Waals surface area contributed by atoms with Crippen LogP contribution in [-0.4, -0.2) is 37.2 Å². The van der Waals surface area contributed by atoms with Crippen molar-refractivity contribution < 1.29 is 19.0 Å². The minimum Gasteiger partial charge on any atom is -0.494 e. The molecule has 0 bridgehead atoms. The van der Waals surface area contributed by atoms with Gasteiger partial charge >= 0.3 is 0 Å². The second-order valence-corrected chi connectivity index (χ2v) is 9.20. The second kappa shape index (κ2) is 9.92. The predicted octanol–water partition coefficient (Wildman–Crippen LogP) is 4.87. The van der Waals surface area contributed by atoms with Gasteiger partial charge in [-0.05, 0) is 61.1 Å². The van der Waals surface area contributed by atoms with Gasteiger partial charge in [-0.25, -0.2) is 0 Å². The Labute approximate surface area is 195 Å². The molecule has 0 radical (unpaired) electrons. The van der Waals surface area contributed by atoms with Crippen LogP contribution in [0.3, 0.4) is 0 Å². The molecule has 0 amide bonds. The molecule has 4 rings (SSSR count). The number of nitrogens with two attached hydrogens (primary N) is 1. The SMILES string of the molecule is CCCCO[C@@H]1[C@@H](N)[C@H]2C[C@@]2(C=O)O[C@H]1c1ccc(Cl)c(Cc2ccc(OCC)cc2)c1. The lowest BCUT2D eigenvalue weighted by Gasteiger charge is -2.39. The number of benzene rings is 2. The minimum atomic E-state index is -0.774. The number of carbonyl (C=O) groups is 1. The highest BCUT2D eigenvalue weighted by Gasteiger charge is 2.65. The van der Waals surface area contributed by atoms with Crippen LogP contribution in [0.5, 0.6) is 5.75 Å². The van der Waals surface area contributed by atoms with E-state index in [9.17, 15) is 4.79 Å². The summed E-state index contributed by atoms with van der Waals surface area (Å²) in [5, 5.41) is 0.695. The van der Waals surface area contributed by atoms with Crippen LogP contribution in [0.15, 0.2) is 42.5 Å². The van der Waals surface area contributed by atoms with Crippen LogP contribution in [0.25, 0.3) is 0 Å². The summed E-state index contributed by atoms with van der Waals surface area (Å²) >= 11 is 6.55. The van der Waals surface area contributed by atoms with E-state index in [0.717, 1.165) is 41.6 Å². The van der Waals surface area contributed by atoms with Gasteiger partial charge in [-0.1, -0.05) is 49.2 Å². The monoisotopic (exact) mass is 457 g/mol. The molecule has 2 aliphatic rings. The molecule has 1 aliphatic heterocycles. The van der Waals surface area contributed by atoms with E-state index in [4.69, 9.17) is 31.5 Å². The molecule has 0 spiro atoms. The van der Waals surface area contributed by atoms with Crippen LogP contribution in [0.4, 0.5) is 0 Å². The largest absolute Gasteiger partial charge is 0.494 e. The predicted molar refractivity (Wildman–Crippen MR) is 125 cm³/mol. The Morgan fingerprint density at radius 1 is 1.22 bits per heavy atom.